The molecule has 0 bridgehead atoms. The Kier molecular flexibility index (Phi) is 5.78. The number of nitrogens with two attached hydrogens (primary N) is 1. The molecule has 1 saturated heterocycles. The van der Waals surface area contributed by atoms with Crippen molar-refractivity contribution >= 4 is 27.3 Å². The first-order valence-corrected chi connectivity index (χ1v) is 10.1. The van der Waals surface area contributed by atoms with Crippen molar-refractivity contribution in [1.82, 2.24) is 9.80 Å². The summed E-state index contributed by atoms with van der Waals surface area (Å²) in [5.74, 6) is 0. The summed E-state index contributed by atoms with van der Waals surface area (Å²) in [5, 5.41) is 2.15. The fourth-order valence-electron chi connectivity index (χ4n) is 3.73. The fraction of sp³-hybridized carbons (Fsp3) is 0.474. The number of halogens is 1. The number of hydrogen-bond donors (Lipinski definition) is 1. The van der Waals surface area contributed by atoms with Crippen molar-refractivity contribution < 1.29 is 0 Å². The molecule has 3 nitrogen and oxygen atoms in total. The molecule has 130 valence electrons. The maximum atomic E-state index is 6.27. The molecule has 1 aromatic heterocycles. The highest BCUT2D eigenvalue weighted by Crippen LogP contribution is 2.34. The van der Waals surface area contributed by atoms with E-state index in [-0.39, 0.29) is 5.54 Å². The molecule has 0 radical (unpaired) electrons. The van der Waals surface area contributed by atoms with Gasteiger partial charge >= 0.3 is 0 Å². The molecule has 3 rings (SSSR count). The number of hydrogen-bond acceptors (Lipinski definition) is 4. The van der Waals surface area contributed by atoms with Crippen LogP contribution in [0.4, 0.5) is 0 Å². The number of benzene rings is 1. The van der Waals surface area contributed by atoms with Gasteiger partial charge < -0.3 is 5.73 Å². The average molecular weight is 408 g/mol. The summed E-state index contributed by atoms with van der Waals surface area (Å²) in [6.45, 7) is 6.02. The van der Waals surface area contributed by atoms with Gasteiger partial charge in [0.2, 0.25) is 0 Å². The first-order chi connectivity index (χ1) is 11.5. The van der Waals surface area contributed by atoms with Crippen LogP contribution in [-0.2, 0) is 13.1 Å². The zero-order valence-electron chi connectivity index (χ0n) is 14.4. The SMILES string of the molecule is CC1CC(CN)(N(C)Cc2cc(Br)cs2)CN1Cc1ccccc1. The van der Waals surface area contributed by atoms with Crippen LogP contribution < -0.4 is 5.73 Å². The van der Waals surface area contributed by atoms with Gasteiger partial charge in [0.05, 0.1) is 0 Å². The Labute approximate surface area is 157 Å². The van der Waals surface area contributed by atoms with Gasteiger partial charge in [0.15, 0.2) is 0 Å². The van der Waals surface area contributed by atoms with Crippen molar-refractivity contribution in [3.8, 4) is 0 Å². The number of nitrogens with zero attached hydrogens (tertiary/aromatic N) is 2. The van der Waals surface area contributed by atoms with E-state index in [9.17, 15) is 0 Å². The third-order valence-electron chi connectivity index (χ3n) is 5.23. The summed E-state index contributed by atoms with van der Waals surface area (Å²) in [6, 6.07) is 13.5. The smallest absolute Gasteiger partial charge is 0.0474 e. The van der Waals surface area contributed by atoms with Crippen molar-refractivity contribution in [3.63, 3.8) is 0 Å². The topological polar surface area (TPSA) is 32.5 Å². The van der Waals surface area contributed by atoms with Gasteiger partial charge in [-0.1, -0.05) is 30.3 Å². The highest BCUT2D eigenvalue weighted by molar-refractivity contribution is 9.10. The van der Waals surface area contributed by atoms with Crippen LogP contribution in [0.2, 0.25) is 0 Å². The minimum atomic E-state index is 0.0602. The minimum Gasteiger partial charge on any atom is -0.329 e. The van der Waals surface area contributed by atoms with Crippen molar-refractivity contribution in [2.75, 3.05) is 20.1 Å². The average Bonchev–Trinajstić information content (AvgIpc) is 3.13. The van der Waals surface area contributed by atoms with E-state index in [4.69, 9.17) is 5.73 Å². The van der Waals surface area contributed by atoms with Crippen LogP contribution in [-0.4, -0.2) is 41.5 Å². The molecule has 5 heteroatoms. The number of rotatable bonds is 6. The van der Waals surface area contributed by atoms with E-state index < -0.39 is 0 Å². The second-order valence-electron chi connectivity index (χ2n) is 6.96. The lowest BCUT2D eigenvalue weighted by atomic mass is 9.94. The molecule has 1 fully saturated rings. The Morgan fingerprint density at radius 3 is 2.75 bits per heavy atom. The fourth-order valence-corrected chi connectivity index (χ4v) is 5.23. The van der Waals surface area contributed by atoms with Crippen molar-refractivity contribution in [1.29, 1.82) is 0 Å². The van der Waals surface area contributed by atoms with Gasteiger partial charge in [-0.2, -0.15) is 0 Å². The summed E-state index contributed by atoms with van der Waals surface area (Å²) < 4.78 is 1.17. The van der Waals surface area contributed by atoms with Crippen LogP contribution in [0.5, 0.6) is 0 Å². The van der Waals surface area contributed by atoms with Crippen molar-refractivity contribution in [3.05, 3.63) is 56.7 Å². The van der Waals surface area contributed by atoms with Gasteiger partial charge in [0.1, 0.15) is 0 Å². The summed E-state index contributed by atoms with van der Waals surface area (Å²) in [4.78, 5) is 6.42. The van der Waals surface area contributed by atoms with E-state index in [1.165, 1.54) is 14.9 Å². The first kappa shape index (κ1) is 18.1. The molecule has 2 unspecified atom stereocenters. The Morgan fingerprint density at radius 1 is 1.38 bits per heavy atom. The molecular weight excluding hydrogens is 382 g/mol. The second kappa shape index (κ2) is 7.67. The van der Waals surface area contributed by atoms with E-state index in [0.717, 1.165) is 26.1 Å². The Balaban J connectivity index is 1.70. The maximum Gasteiger partial charge on any atom is 0.0474 e. The van der Waals surface area contributed by atoms with Crippen molar-refractivity contribution in [2.45, 2.75) is 38.0 Å². The van der Waals surface area contributed by atoms with Gasteiger partial charge in [-0.05, 0) is 48.0 Å². The molecule has 0 saturated carbocycles. The number of likely N-dealkylation sites (tertiary alicyclic amines) is 1. The van der Waals surface area contributed by atoms with E-state index in [2.05, 4.69) is 81.5 Å². The zero-order valence-corrected chi connectivity index (χ0v) is 16.8. The van der Waals surface area contributed by atoms with Crippen LogP contribution in [0, 0.1) is 0 Å². The normalized spacial score (nSPS) is 24.8. The van der Waals surface area contributed by atoms with Crippen molar-refractivity contribution in [2.24, 2.45) is 5.73 Å². The summed E-state index contributed by atoms with van der Waals surface area (Å²) >= 11 is 5.36. The van der Waals surface area contributed by atoms with Crippen LogP contribution in [0.3, 0.4) is 0 Å². The molecule has 24 heavy (non-hydrogen) atoms. The third-order valence-corrected chi connectivity index (χ3v) is 6.91. The molecule has 0 amide bonds. The Bertz CT molecular complexity index is 660. The summed E-state index contributed by atoms with van der Waals surface area (Å²) in [5.41, 5.74) is 7.71. The molecule has 0 aliphatic carbocycles. The molecule has 1 aliphatic heterocycles. The van der Waals surface area contributed by atoms with E-state index in [0.29, 0.717) is 12.6 Å². The highest BCUT2D eigenvalue weighted by Gasteiger charge is 2.44. The maximum absolute atomic E-state index is 6.27. The third kappa shape index (κ3) is 3.92. The van der Waals surface area contributed by atoms with Gasteiger partial charge in [0, 0.05) is 52.5 Å². The van der Waals surface area contributed by atoms with Crippen LogP contribution in [0.15, 0.2) is 46.3 Å². The zero-order chi connectivity index (χ0) is 17.2. The predicted octanol–water partition coefficient (Wildman–Crippen LogP) is 3.93. The molecule has 1 aliphatic rings. The predicted molar refractivity (Wildman–Crippen MR) is 106 cm³/mol. The second-order valence-corrected chi connectivity index (χ2v) is 8.87. The quantitative estimate of drug-likeness (QED) is 0.786. The summed E-state index contributed by atoms with van der Waals surface area (Å²) in [6.07, 6.45) is 1.12. The first-order valence-electron chi connectivity index (χ1n) is 8.44. The standard InChI is InChI=1S/C19H26BrN3S/c1-15-9-19(13-21,22(2)11-18-8-17(20)12-24-18)14-23(15)10-16-6-4-3-5-7-16/h3-8,12,15H,9-11,13-14,21H2,1-2H3. The largest absolute Gasteiger partial charge is 0.329 e. The van der Waals surface area contributed by atoms with E-state index >= 15 is 0 Å². The summed E-state index contributed by atoms with van der Waals surface area (Å²) in [7, 11) is 2.22. The lowest BCUT2D eigenvalue weighted by Crippen LogP contribution is -2.53. The van der Waals surface area contributed by atoms with Crippen LogP contribution >= 0.6 is 27.3 Å². The molecule has 0 spiro atoms. The molecule has 2 N–H and O–H groups in total. The van der Waals surface area contributed by atoms with E-state index in [1.54, 1.807) is 0 Å². The molecule has 2 atom stereocenters. The number of likely N-dealkylation sites (N-methyl/N-ethyl adjacent to an activating group) is 1. The molecule has 1 aromatic carbocycles. The van der Waals surface area contributed by atoms with Gasteiger partial charge in [-0.15, -0.1) is 11.3 Å². The number of thiophene rings is 1. The van der Waals surface area contributed by atoms with Crippen LogP contribution in [0.25, 0.3) is 0 Å². The molecule has 2 heterocycles. The Hall–Kier alpha value is -0.720. The van der Waals surface area contributed by atoms with Gasteiger partial charge in [-0.25, -0.2) is 0 Å². The van der Waals surface area contributed by atoms with Gasteiger partial charge in [-0.3, -0.25) is 9.80 Å². The van der Waals surface area contributed by atoms with Crippen LogP contribution in [0.1, 0.15) is 23.8 Å². The Morgan fingerprint density at radius 2 is 2.12 bits per heavy atom. The minimum absolute atomic E-state index is 0.0602. The van der Waals surface area contributed by atoms with E-state index in [1.807, 2.05) is 11.3 Å². The lowest BCUT2D eigenvalue weighted by molar-refractivity contribution is 0.121. The highest BCUT2D eigenvalue weighted by atomic mass is 79.9. The monoisotopic (exact) mass is 407 g/mol. The molecule has 2 aromatic rings. The van der Waals surface area contributed by atoms with Gasteiger partial charge in [0.25, 0.3) is 0 Å². The molecular formula is C19H26BrN3S. The lowest BCUT2D eigenvalue weighted by Gasteiger charge is -2.38.